The van der Waals surface area contributed by atoms with Crippen molar-refractivity contribution in [2.75, 3.05) is 0 Å². The molecule has 0 aliphatic carbocycles. The van der Waals surface area contributed by atoms with E-state index >= 15 is 0 Å². The van der Waals surface area contributed by atoms with Crippen molar-refractivity contribution >= 4 is 21.4 Å². The minimum Gasteiger partial charge on any atom is -0.207 e. The average Bonchev–Trinajstić information content (AvgIpc) is 2.45. The predicted molar refractivity (Wildman–Crippen MR) is 60.5 cm³/mol. The molecule has 0 spiro atoms. The van der Waals surface area contributed by atoms with Gasteiger partial charge in [0.25, 0.3) is 0 Å². The van der Waals surface area contributed by atoms with E-state index in [0.717, 1.165) is 10.1 Å². The van der Waals surface area contributed by atoms with Gasteiger partial charge in [-0.1, -0.05) is 20.8 Å². The number of thiophene rings is 1. The quantitative estimate of drug-likeness (QED) is 0.604. The molecule has 2 aromatic rings. The third-order valence-electron chi connectivity index (χ3n) is 2.34. The van der Waals surface area contributed by atoms with Crippen LogP contribution in [0.2, 0.25) is 0 Å². The van der Waals surface area contributed by atoms with Gasteiger partial charge in [0.1, 0.15) is 5.82 Å². The molecule has 0 nitrogen and oxygen atoms in total. The van der Waals surface area contributed by atoms with Gasteiger partial charge in [-0.05, 0) is 39.9 Å². The predicted octanol–water partition coefficient (Wildman–Crippen LogP) is 4.34. The molecular formula is C12H13FS. The maximum Gasteiger partial charge on any atom is 0.123 e. The lowest BCUT2D eigenvalue weighted by Crippen LogP contribution is -2.09. The Morgan fingerprint density at radius 3 is 2.57 bits per heavy atom. The van der Waals surface area contributed by atoms with Gasteiger partial charge in [0, 0.05) is 4.70 Å². The summed E-state index contributed by atoms with van der Waals surface area (Å²) in [6.07, 6.45) is 0. The average molecular weight is 208 g/mol. The first-order valence-electron chi connectivity index (χ1n) is 4.66. The molecule has 0 aliphatic rings. The lowest BCUT2D eigenvalue weighted by atomic mass is 9.87. The summed E-state index contributed by atoms with van der Waals surface area (Å²) in [5.41, 5.74) is 1.32. The zero-order valence-electron chi connectivity index (χ0n) is 8.60. The van der Waals surface area contributed by atoms with Crippen LogP contribution in [0.15, 0.2) is 23.6 Å². The maximum absolute atomic E-state index is 13.1. The first kappa shape index (κ1) is 9.66. The highest BCUT2D eigenvalue weighted by atomic mass is 32.1. The second-order valence-electron chi connectivity index (χ2n) is 4.54. The first-order valence-corrected chi connectivity index (χ1v) is 5.54. The second-order valence-corrected chi connectivity index (χ2v) is 5.45. The lowest BCUT2D eigenvalue weighted by molar-refractivity contribution is 0.596. The van der Waals surface area contributed by atoms with Crippen molar-refractivity contribution < 1.29 is 4.39 Å². The summed E-state index contributed by atoms with van der Waals surface area (Å²) in [6.45, 7) is 6.46. The molecular weight excluding hydrogens is 195 g/mol. The maximum atomic E-state index is 13.1. The SMILES string of the molecule is CC(C)(C)c1csc2ccc(F)cc12. The van der Waals surface area contributed by atoms with Crippen LogP contribution in [0, 0.1) is 5.82 Å². The third-order valence-corrected chi connectivity index (χ3v) is 3.31. The van der Waals surface area contributed by atoms with Gasteiger partial charge in [-0.3, -0.25) is 0 Å². The normalized spacial score (nSPS) is 12.3. The topological polar surface area (TPSA) is 0 Å². The van der Waals surface area contributed by atoms with Crippen LogP contribution < -0.4 is 0 Å². The number of rotatable bonds is 0. The molecule has 0 radical (unpaired) electrons. The fourth-order valence-corrected chi connectivity index (χ4v) is 2.75. The molecule has 0 fully saturated rings. The van der Waals surface area contributed by atoms with Crippen LogP contribution in [-0.2, 0) is 5.41 Å². The van der Waals surface area contributed by atoms with Crippen molar-refractivity contribution in [1.82, 2.24) is 0 Å². The molecule has 2 heteroatoms. The van der Waals surface area contributed by atoms with Gasteiger partial charge < -0.3 is 0 Å². The van der Waals surface area contributed by atoms with E-state index in [2.05, 4.69) is 26.2 Å². The van der Waals surface area contributed by atoms with E-state index in [1.165, 1.54) is 11.6 Å². The van der Waals surface area contributed by atoms with Crippen LogP contribution in [0.5, 0.6) is 0 Å². The minimum absolute atomic E-state index is 0.0893. The highest BCUT2D eigenvalue weighted by Crippen LogP contribution is 2.34. The van der Waals surface area contributed by atoms with Crippen molar-refractivity contribution in [3.05, 3.63) is 35.0 Å². The molecule has 74 valence electrons. The molecule has 1 heterocycles. The molecule has 2 rings (SSSR count). The number of hydrogen-bond donors (Lipinski definition) is 0. The standard InChI is InChI=1S/C12H13FS/c1-12(2,3)10-7-14-11-5-4-8(13)6-9(10)11/h4-7H,1-3H3. The zero-order valence-corrected chi connectivity index (χ0v) is 9.41. The number of fused-ring (bicyclic) bond motifs is 1. The van der Waals surface area contributed by atoms with E-state index in [-0.39, 0.29) is 11.2 Å². The van der Waals surface area contributed by atoms with Crippen molar-refractivity contribution in [3.63, 3.8) is 0 Å². The van der Waals surface area contributed by atoms with E-state index in [0.29, 0.717) is 0 Å². The molecule has 0 saturated heterocycles. The summed E-state index contributed by atoms with van der Waals surface area (Å²) in [5.74, 6) is -0.151. The van der Waals surface area contributed by atoms with Crippen molar-refractivity contribution in [2.45, 2.75) is 26.2 Å². The van der Waals surface area contributed by atoms with Crippen molar-refractivity contribution in [3.8, 4) is 0 Å². The molecule has 0 unspecified atom stereocenters. The van der Waals surface area contributed by atoms with Crippen LogP contribution in [0.25, 0.3) is 10.1 Å². The van der Waals surface area contributed by atoms with E-state index < -0.39 is 0 Å². The van der Waals surface area contributed by atoms with E-state index in [4.69, 9.17) is 0 Å². The van der Waals surface area contributed by atoms with Crippen LogP contribution in [-0.4, -0.2) is 0 Å². The number of halogens is 1. The Hall–Kier alpha value is -0.890. The van der Waals surface area contributed by atoms with Gasteiger partial charge in [-0.2, -0.15) is 0 Å². The Labute approximate surface area is 87.4 Å². The number of benzene rings is 1. The fraction of sp³-hybridized carbons (Fsp3) is 0.333. The van der Waals surface area contributed by atoms with Crippen LogP contribution in [0.3, 0.4) is 0 Å². The summed E-state index contributed by atoms with van der Waals surface area (Å²) in [5, 5.41) is 3.19. The first-order chi connectivity index (χ1) is 6.48. The highest BCUT2D eigenvalue weighted by molar-refractivity contribution is 7.17. The minimum atomic E-state index is -0.151. The summed E-state index contributed by atoms with van der Waals surface area (Å²) >= 11 is 1.68. The molecule has 0 N–H and O–H groups in total. The summed E-state index contributed by atoms with van der Waals surface area (Å²) in [7, 11) is 0. The van der Waals surface area contributed by atoms with Gasteiger partial charge in [-0.25, -0.2) is 4.39 Å². The van der Waals surface area contributed by atoms with Gasteiger partial charge in [0.2, 0.25) is 0 Å². The molecule has 0 bridgehead atoms. The Morgan fingerprint density at radius 2 is 1.93 bits per heavy atom. The van der Waals surface area contributed by atoms with E-state index in [1.54, 1.807) is 17.4 Å². The summed E-state index contributed by atoms with van der Waals surface area (Å²) in [6, 6.07) is 5.00. The fourth-order valence-electron chi connectivity index (χ4n) is 1.58. The smallest absolute Gasteiger partial charge is 0.123 e. The summed E-state index contributed by atoms with van der Waals surface area (Å²) in [4.78, 5) is 0. The second kappa shape index (κ2) is 3.06. The Morgan fingerprint density at radius 1 is 1.21 bits per heavy atom. The largest absolute Gasteiger partial charge is 0.207 e. The van der Waals surface area contributed by atoms with Gasteiger partial charge in [0.05, 0.1) is 0 Å². The summed E-state index contributed by atoms with van der Waals surface area (Å²) < 4.78 is 14.3. The molecule has 1 aromatic heterocycles. The molecule has 0 saturated carbocycles. The Bertz CT molecular complexity index is 463. The zero-order chi connectivity index (χ0) is 10.3. The lowest BCUT2D eigenvalue weighted by Gasteiger charge is -2.17. The van der Waals surface area contributed by atoms with E-state index in [1.807, 2.05) is 6.07 Å². The Balaban J connectivity index is 2.73. The molecule has 0 amide bonds. The molecule has 14 heavy (non-hydrogen) atoms. The molecule has 1 aromatic carbocycles. The van der Waals surface area contributed by atoms with Crippen molar-refractivity contribution in [1.29, 1.82) is 0 Å². The Kier molecular flexibility index (Phi) is 2.11. The molecule has 0 aliphatic heterocycles. The van der Waals surface area contributed by atoms with Crippen LogP contribution in [0.1, 0.15) is 26.3 Å². The van der Waals surface area contributed by atoms with Gasteiger partial charge in [-0.15, -0.1) is 11.3 Å². The van der Waals surface area contributed by atoms with Gasteiger partial charge in [0.15, 0.2) is 0 Å². The van der Waals surface area contributed by atoms with Gasteiger partial charge >= 0.3 is 0 Å². The highest BCUT2D eigenvalue weighted by Gasteiger charge is 2.18. The van der Waals surface area contributed by atoms with Crippen molar-refractivity contribution in [2.24, 2.45) is 0 Å². The van der Waals surface area contributed by atoms with Crippen LogP contribution >= 0.6 is 11.3 Å². The van der Waals surface area contributed by atoms with E-state index in [9.17, 15) is 4.39 Å². The van der Waals surface area contributed by atoms with Crippen LogP contribution in [0.4, 0.5) is 4.39 Å². The third kappa shape index (κ3) is 1.55. The molecule has 0 atom stereocenters. The number of hydrogen-bond acceptors (Lipinski definition) is 1. The monoisotopic (exact) mass is 208 g/mol.